The molecule has 1 atom stereocenters. The molecule has 1 aromatic rings. The predicted molar refractivity (Wildman–Crippen MR) is 153 cm³/mol. The lowest BCUT2D eigenvalue weighted by Crippen LogP contribution is -2.47. The number of primary amides is 1. The maximum absolute atomic E-state index is 12.5. The van der Waals surface area contributed by atoms with Crippen molar-refractivity contribution in [3.63, 3.8) is 0 Å². The summed E-state index contributed by atoms with van der Waals surface area (Å²) in [5.41, 5.74) is 16.5. The minimum absolute atomic E-state index is 0.0633. The molecule has 0 saturated carbocycles. The number of carboxylic acid groups (broad SMARTS) is 1. The van der Waals surface area contributed by atoms with Crippen molar-refractivity contribution in [1.82, 2.24) is 16.0 Å². The normalized spacial score (nSPS) is 10.7. The van der Waals surface area contributed by atoms with Gasteiger partial charge in [0.2, 0.25) is 17.7 Å². The van der Waals surface area contributed by atoms with Gasteiger partial charge in [-0.15, -0.1) is 0 Å². The molecule has 41 heavy (non-hydrogen) atoms. The fourth-order valence-electron chi connectivity index (χ4n) is 2.81. The first-order valence-corrected chi connectivity index (χ1v) is 13.2. The summed E-state index contributed by atoms with van der Waals surface area (Å²) in [7, 11) is 1.63. The molecule has 0 aliphatic carbocycles. The quantitative estimate of drug-likeness (QED) is 0.0572. The summed E-state index contributed by atoms with van der Waals surface area (Å²) in [6, 6.07) is 8.91. The molecule has 1 aromatic carbocycles. The number of carbonyl (C=O) groups excluding carboxylic acids is 3. The van der Waals surface area contributed by atoms with Gasteiger partial charge in [-0.1, -0.05) is 30.3 Å². The molecule has 0 unspecified atom stereocenters. The minimum Gasteiger partial charge on any atom is -0.483 e. The molecule has 0 heterocycles. The number of carbonyl (C=O) groups is 4. The molecule has 3 amide bonds. The first kappa shape index (κ1) is 40.0. The van der Waals surface area contributed by atoms with Crippen molar-refractivity contribution >= 4 is 24.2 Å². The highest BCUT2D eigenvalue weighted by molar-refractivity contribution is 5.87. The largest absolute Gasteiger partial charge is 0.483 e. The first-order valence-electron chi connectivity index (χ1n) is 13.2. The molecule has 236 valence electrons. The Balaban J connectivity index is 0. The van der Waals surface area contributed by atoms with Gasteiger partial charge in [0.15, 0.2) is 0 Å². The summed E-state index contributed by atoms with van der Waals surface area (Å²) >= 11 is 0. The molecule has 0 fully saturated rings. The number of amides is 3. The topological polar surface area (TPSA) is 240 Å². The van der Waals surface area contributed by atoms with Gasteiger partial charge in [-0.05, 0) is 12.0 Å². The number of methoxy groups -OCH3 is 1. The van der Waals surface area contributed by atoms with Gasteiger partial charge in [-0.2, -0.15) is 0 Å². The molecule has 0 spiro atoms. The molecular formula is C26H48N6O9. The number of benzene rings is 1. The highest BCUT2D eigenvalue weighted by atomic mass is 16.5. The Bertz CT molecular complexity index is 773. The third kappa shape index (κ3) is 29.6. The van der Waals surface area contributed by atoms with Crippen LogP contribution in [0.2, 0.25) is 0 Å². The molecule has 0 saturated heterocycles. The van der Waals surface area contributed by atoms with E-state index in [-0.39, 0.29) is 37.7 Å². The smallest absolute Gasteiger partial charge is 0.290 e. The van der Waals surface area contributed by atoms with Crippen molar-refractivity contribution < 1.29 is 43.2 Å². The maximum Gasteiger partial charge on any atom is 0.290 e. The summed E-state index contributed by atoms with van der Waals surface area (Å²) in [5, 5.41) is 15.2. The van der Waals surface area contributed by atoms with E-state index < -0.39 is 11.9 Å². The van der Waals surface area contributed by atoms with E-state index in [1.165, 1.54) is 0 Å². The van der Waals surface area contributed by atoms with E-state index in [9.17, 15) is 14.4 Å². The molecule has 0 radical (unpaired) electrons. The fraction of sp³-hybridized carbons (Fsp3) is 0.615. The minimum atomic E-state index is -0.644. The number of nitrogens with one attached hydrogen (secondary N) is 3. The van der Waals surface area contributed by atoms with E-state index in [0.717, 1.165) is 5.56 Å². The Kier molecular flexibility index (Phi) is 30.6. The standard InChI is InChI=1S/C22H37N5O6.C3H9NO.CH2O2/c23-8-10-31-12-14-33-15-13-32-11-9-25-21(29)17-27-22(30)19(6-7-20(24)28)26-16-18-4-2-1-3-5-18;1-5-3-2-4;2-1-3/h1-5,19,26H,6-17,23H2,(H2,24,28)(H,25,29)(H,27,30);2-4H2,1H3;1H,(H,2,3)/t19-;;/m0../s1. The Labute approximate surface area is 241 Å². The number of hydrogen-bond donors (Lipinski definition) is 7. The van der Waals surface area contributed by atoms with Crippen LogP contribution in [0, 0.1) is 0 Å². The van der Waals surface area contributed by atoms with Crippen LogP contribution in [0.25, 0.3) is 0 Å². The van der Waals surface area contributed by atoms with E-state index in [4.69, 9.17) is 41.3 Å². The zero-order valence-electron chi connectivity index (χ0n) is 23.9. The second-order valence-corrected chi connectivity index (χ2v) is 8.00. The highest BCUT2D eigenvalue weighted by Crippen LogP contribution is 2.02. The van der Waals surface area contributed by atoms with Crippen molar-refractivity contribution in [1.29, 1.82) is 0 Å². The van der Waals surface area contributed by atoms with Crippen LogP contribution >= 0.6 is 0 Å². The molecule has 0 aliphatic heterocycles. The Morgan fingerprint density at radius 1 is 0.902 bits per heavy atom. The fourth-order valence-corrected chi connectivity index (χ4v) is 2.81. The lowest BCUT2D eigenvalue weighted by molar-refractivity contribution is -0.127. The van der Waals surface area contributed by atoms with Crippen molar-refractivity contribution in [2.75, 3.05) is 79.5 Å². The Morgan fingerprint density at radius 2 is 1.46 bits per heavy atom. The molecule has 10 N–H and O–H groups in total. The Hall–Kier alpha value is -3.18. The molecule has 15 heteroatoms. The lowest BCUT2D eigenvalue weighted by atomic mass is 10.1. The zero-order valence-corrected chi connectivity index (χ0v) is 23.9. The summed E-state index contributed by atoms with van der Waals surface area (Å²) in [5.74, 6) is -1.19. The number of ether oxygens (including phenoxy) is 4. The molecule has 15 nitrogen and oxygen atoms in total. The van der Waals surface area contributed by atoms with Crippen molar-refractivity contribution in [2.45, 2.75) is 25.4 Å². The van der Waals surface area contributed by atoms with E-state index in [1.807, 2.05) is 30.3 Å². The van der Waals surface area contributed by atoms with Crippen LogP contribution in [-0.4, -0.2) is 115 Å². The van der Waals surface area contributed by atoms with E-state index in [1.54, 1.807) is 7.11 Å². The van der Waals surface area contributed by atoms with Crippen LogP contribution in [0.15, 0.2) is 30.3 Å². The number of hydrogen-bond acceptors (Lipinski definition) is 11. The zero-order chi connectivity index (χ0) is 31.0. The lowest BCUT2D eigenvalue weighted by Gasteiger charge is -2.18. The number of rotatable bonds is 22. The van der Waals surface area contributed by atoms with Crippen LogP contribution < -0.4 is 33.2 Å². The average Bonchev–Trinajstić information content (AvgIpc) is 2.96. The van der Waals surface area contributed by atoms with E-state index >= 15 is 0 Å². The van der Waals surface area contributed by atoms with E-state index in [2.05, 4.69) is 20.7 Å². The predicted octanol–water partition coefficient (Wildman–Crippen LogP) is -2.06. The van der Waals surface area contributed by atoms with E-state index in [0.29, 0.717) is 72.4 Å². The first-order chi connectivity index (χ1) is 19.9. The van der Waals surface area contributed by atoms with Crippen LogP contribution in [0.3, 0.4) is 0 Å². The van der Waals surface area contributed by atoms with Gasteiger partial charge in [-0.3, -0.25) is 19.2 Å². The second kappa shape index (κ2) is 31.3. The second-order valence-electron chi connectivity index (χ2n) is 8.00. The van der Waals surface area contributed by atoms with Crippen molar-refractivity contribution in [3.05, 3.63) is 35.9 Å². The average molecular weight is 589 g/mol. The van der Waals surface area contributed by atoms with Crippen molar-refractivity contribution in [3.8, 4) is 0 Å². The molecule has 0 bridgehead atoms. The van der Waals surface area contributed by atoms with Gasteiger partial charge in [0, 0.05) is 39.7 Å². The molecule has 0 aromatic heterocycles. The molecular weight excluding hydrogens is 540 g/mol. The van der Waals surface area contributed by atoms with Crippen LogP contribution in [-0.2, 0) is 44.7 Å². The summed E-state index contributed by atoms with van der Waals surface area (Å²) in [4.78, 5) is 43.9. The van der Waals surface area contributed by atoms with Crippen LogP contribution in [0.5, 0.6) is 0 Å². The Morgan fingerprint density at radius 3 is 1.98 bits per heavy atom. The highest BCUT2D eigenvalue weighted by Gasteiger charge is 2.19. The monoisotopic (exact) mass is 588 g/mol. The van der Waals surface area contributed by atoms with Gasteiger partial charge in [0.1, 0.15) is 0 Å². The van der Waals surface area contributed by atoms with Gasteiger partial charge in [0.25, 0.3) is 6.47 Å². The van der Waals surface area contributed by atoms with Gasteiger partial charge in [-0.25, -0.2) is 0 Å². The molecule has 0 aliphatic rings. The van der Waals surface area contributed by atoms with Crippen LogP contribution in [0.4, 0.5) is 0 Å². The maximum atomic E-state index is 12.5. The third-order valence-corrected chi connectivity index (χ3v) is 4.71. The number of nitrogens with two attached hydrogens (primary N) is 3. The van der Waals surface area contributed by atoms with Crippen molar-refractivity contribution in [2.24, 2.45) is 17.2 Å². The molecule has 1 rings (SSSR count). The van der Waals surface area contributed by atoms with Gasteiger partial charge < -0.3 is 57.2 Å². The third-order valence-electron chi connectivity index (χ3n) is 4.71. The van der Waals surface area contributed by atoms with Crippen LogP contribution in [0.1, 0.15) is 18.4 Å². The van der Waals surface area contributed by atoms with Gasteiger partial charge in [0.05, 0.1) is 58.8 Å². The summed E-state index contributed by atoms with van der Waals surface area (Å²) in [6.45, 7) is 4.74. The SMILES string of the molecule is COCCN.NCCOCCOCCOCCNC(=O)CNC(=O)[C@H](CCC(N)=O)NCc1ccccc1.O=CO. The summed E-state index contributed by atoms with van der Waals surface area (Å²) < 4.78 is 20.4. The van der Waals surface area contributed by atoms with Gasteiger partial charge >= 0.3 is 0 Å². The summed E-state index contributed by atoms with van der Waals surface area (Å²) in [6.07, 6.45) is 0.304.